The van der Waals surface area contributed by atoms with E-state index >= 15 is 0 Å². The predicted octanol–water partition coefficient (Wildman–Crippen LogP) is 5.90. The smallest absolute Gasteiger partial charge is 0.260 e. The van der Waals surface area contributed by atoms with Gasteiger partial charge in [-0.2, -0.15) is 0 Å². The Morgan fingerprint density at radius 1 is 0.900 bits per heavy atom. The molecule has 2 aromatic carbocycles. The topological polar surface area (TPSA) is 55.0 Å². The van der Waals surface area contributed by atoms with E-state index in [0.29, 0.717) is 11.3 Å². The zero-order chi connectivity index (χ0) is 20.3. The highest BCUT2D eigenvalue weighted by Gasteiger charge is 2.18. The molecule has 3 heterocycles. The minimum absolute atomic E-state index is 0.159. The van der Waals surface area contributed by atoms with Crippen molar-refractivity contribution in [1.29, 1.82) is 0 Å². The first-order valence-corrected chi connectivity index (χ1v) is 10.5. The first-order valence-electron chi connectivity index (χ1n) is 9.61. The van der Waals surface area contributed by atoms with Gasteiger partial charge in [0.05, 0.1) is 16.8 Å². The van der Waals surface area contributed by atoms with Crippen LogP contribution in [-0.2, 0) is 6.61 Å². The van der Waals surface area contributed by atoms with E-state index in [1.807, 2.05) is 66.0 Å². The SMILES string of the molecule is O=c1[nH]c2ccc(-c3ccccc3)cc2c(OCc2ccccn2)c1-c1cccs1. The average Bonchev–Trinajstić information content (AvgIpc) is 3.32. The van der Waals surface area contributed by atoms with Crippen LogP contribution in [-0.4, -0.2) is 9.97 Å². The molecule has 0 radical (unpaired) electrons. The third-order valence-electron chi connectivity index (χ3n) is 4.93. The maximum Gasteiger partial charge on any atom is 0.260 e. The number of nitrogens with one attached hydrogen (secondary N) is 1. The molecule has 3 aromatic heterocycles. The molecule has 5 rings (SSSR count). The summed E-state index contributed by atoms with van der Waals surface area (Å²) in [4.78, 5) is 21.2. The van der Waals surface area contributed by atoms with Crippen LogP contribution in [0.5, 0.6) is 5.75 Å². The highest BCUT2D eigenvalue weighted by molar-refractivity contribution is 7.13. The molecule has 0 fully saturated rings. The molecule has 0 atom stereocenters. The largest absolute Gasteiger partial charge is 0.486 e. The molecular weight excluding hydrogens is 392 g/mol. The Morgan fingerprint density at radius 3 is 2.53 bits per heavy atom. The van der Waals surface area contributed by atoms with E-state index in [9.17, 15) is 4.79 Å². The van der Waals surface area contributed by atoms with Crippen molar-refractivity contribution in [3.8, 4) is 27.3 Å². The number of H-pyrrole nitrogens is 1. The lowest BCUT2D eigenvalue weighted by Crippen LogP contribution is -2.12. The Hall–Kier alpha value is -3.70. The van der Waals surface area contributed by atoms with E-state index < -0.39 is 0 Å². The van der Waals surface area contributed by atoms with Crippen LogP contribution in [0.3, 0.4) is 0 Å². The number of hydrogen-bond donors (Lipinski definition) is 1. The molecule has 146 valence electrons. The minimum atomic E-state index is -0.159. The lowest BCUT2D eigenvalue weighted by molar-refractivity contribution is 0.306. The van der Waals surface area contributed by atoms with Crippen LogP contribution in [0.15, 0.2) is 95.2 Å². The molecule has 0 bridgehead atoms. The number of aromatic amines is 1. The third-order valence-corrected chi connectivity index (χ3v) is 5.82. The van der Waals surface area contributed by atoms with Crippen LogP contribution in [0.1, 0.15) is 5.69 Å². The Kier molecular flexibility index (Phi) is 4.87. The van der Waals surface area contributed by atoms with Crippen LogP contribution in [0.2, 0.25) is 0 Å². The summed E-state index contributed by atoms with van der Waals surface area (Å²) < 4.78 is 6.26. The van der Waals surface area contributed by atoms with E-state index in [1.165, 1.54) is 11.3 Å². The number of nitrogens with zero attached hydrogens (tertiary/aromatic N) is 1. The van der Waals surface area contributed by atoms with Gasteiger partial charge >= 0.3 is 0 Å². The van der Waals surface area contributed by atoms with E-state index in [0.717, 1.165) is 32.6 Å². The zero-order valence-corrected chi connectivity index (χ0v) is 16.9. The summed E-state index contributed by atoms with van der Waals surface area (Å²) in [6, 6.07) is 25.8. The van der Waals surface area contributed by atoms with E-state index in [-0.39, 0.29) is 12.2 Å². The fraction of sp³-hybridized carbons (Fsp3) is 0.0400. The van der Waals surface area contributed by atoms with Crippen molar-refractivity contribution in [1.82, 2.24) is 9.97 Å². The third kappa shape index (κ3) is 3.51. The van der Waals surface area contributed by atoms with Crippen LogP contribution >= 0.6 is 11.3 Å². The van der Waals surface area contributed by atoms with E-state index in [2.05, 4.69) is 28.2 Å². The van der Waals surface area contributed by atoms with Gasteiger partial charge in [0.1, 0.15) is 12.4 Å². The quantitative estimate of drug-likeness (QED) is 0.393. The zero-order valence-electron chi connectivity index (χ0n) is 16.0. The molecule has 0 saturated carbocycles. The summed E-state index contributed by atoms with van der Waals surface area (Å²) in [7, 11) is 0. The van der Waals surface area contributed by atoms with Gasteiger partial charge in [0.2, 0.25) is 0 Å². The number of aromatic nitrogens is 2. The first-order chi connectivity index (χ1) is 14.8. The molecule has 0 spiro atoms. The molecule has 0 aliphatic carbocycles. The fourth-order valence-corrected chi connectivity index (χ4v) is 4.26. The molecule has 5 heteroatoms. The van der Waals surface area contributed by atoms with Crippen molar-refractivity contribution in [2.45, 2.75) is 6.61 Å². The molecule has 0 aliphatic rings. The summed E-state index contributed by atoms with van der Waals surface area (Å²) >= 11 is 1.52. The number of rotatable bonds is 5. The van der Waals surface area contributed by atoms with E-state index in [4.69, 9.17) is 4.74 Å². The minimum Gasteiger partial charge on any atom is -0.486 e. The molecule has 4 nitrogen and oxygen atoms in total. The van der Waals surface area contributed by atoms with Gasteiger partial charge in [-0.25, -0.2) is 0 Å². The van der Waals surface area contributed by atoms with Gasteiger partial charge in [-0.1, -0.05) is 48.5 Å². The molecule has 0 aliphatic heterocycles. The Balaban J connectivity index is 1.70. The Labute approximate surface area is 177 Å². The van der Waals surface area contributed by atoms with Crippen LogP contribution < -0.4 is 10.3 Å². The summed E-state index contributed by atoms with van der Waals surface area (Å²) in [5, 5.41) is 2.83. The summed E-state index contributed by atoms with van der Waals surface area (Å²) in [5.41, 5.74) is 4.12. The van der Waals surface area contributed by atoms with Crippen LogP contribution in [0.4, 0.5) is 0 Å². The van der Waals surface area contributed by atoms with Crippen molar-refractivity contribution < 1.29 is 4.74 Å². The number of pyridine rings is 2. The van der Waals surface area contributed by atoms with Crippen LogP contribution in [0.25, 0.3) is 32.5 Å². The maximum atomic E-state index is 13.0. The number of hydrogen-bond acceptors (Lipinski definition) is 4. The standard InChI is InChI=1S/C25H18N2O2S/c28-25-23(22-10-6-14-30-22)24(29-16-19-9-4-5-13-26-19)20-15-18(11-12-21(20)27-25)17-7-2-1-3-8-17/h1-15H,16H2,(H,27,28). The second kappa shape index (κ2) is 7.97. The van der Waals surface area contributed by atoms with Gasteiger partial charge in [-0.05, 0) is 46.8 Å². The Bertz CT molecular complexity index is 1350. The molecule has 30 heavy (non-hydrogen) atoms. The number of benzene rings is 2. The van der Waals surface area contributed by atoms with Crippen molar-refractivity contribution in [2.75, 3.05) is 0 Å². The van der Waals surface area contributed by atoms with E-state index in [1.54, 1.807) is 6.20 Å². The summed E-state index contributed by atoms with van der Waals surface area (Å²) in [6.07, 6.45) is 1.74. The highest BCUT2D eigenvalue weighted by Crippen LogP contribution is 2.37. The molecule has 0 unspecified atom stereocenters. The van der Waals surface area contributed by atoms with Gasteiger partial charge in [0.15, 0.2) is 0 Å². The normalized spacial score (nSPS) is 10.9. The highest BCUT2D eigenvalue weighted by atomic mass is 32.1. The van der Waals surface area contributed by atoms with Crippen molar-refractivity contribution in [3.05, 3.63) is 106 Å². The molecule has 0 saturated heterocycles. The molecule has 5 aromatic rings. The van der Waals surface area contributed by atoms with Gasteiger partial charge in [0.25, 0.3) is 5.56 Å². The lowest BCUT2D eigenvalue weighted by atomic mass is 10.0. The fourth-order valence-electron chi connectivity index (χ4n) is 3.50. The number of thiophene rings is 1. The molecule has 1 N–H and O–H groups in total. The maximum absolute atomic E-state index is 13.0. The lowest BCUT2D eigenvalue weighted by Gasteiger charge is -2.14. The van der Waals surface area contributed by atoms with Crippen LogP contribution in [0, 0.1) is 0 Å². The van der Waals surface area contributed by atoms with Gasteiger partial charge in [0, 0.05) is 16.5 Å². The number of fused-ring (bicyclic) bond motifs is 1. The monoisotopic (exact) mass is 410 g/mol. The summed E-state index contributed by atoms with van der Waals surface area (Å²) in [5.74, 6) is 0.583. The summed E-state index contributed by atoms with van der Waals surface area (Å²) in [6.45, 7) is 0.285. The number of ether oxygens (including phenoxy) is 1. The van der Waals surface area contributed by atoms with Gasteiger partial charge in [-0.15, -0.1) is 11.3 Å². The average molecular weight is 410 g/mol. The second-order valence-electron chi connectivity index (χ2n) is 6.87. The Morgan fingerprint density at radius 2 is 1.77 bits per heavy atom. The van der Waals surface area contributed by atoms with Gasteiger partial charge < -0.3 is 9.72 Å². The van der Waals surface area contributed by atoms with Gasteiger partial charge in [-0.3, -0.25) is 9.78 Å². The molecule has 0 amide bonds. The second-order valence-corrected chi connectivity index (χ2v) is 7.82. The van der Waals surface area contributed by atoms with Crippen molar-refractivity contribution >= 4 is 22.2 Å². The predicted molar refractivity (Wildman–Crippen MR) is 122 cm³/mol. The molecular formula is C25H18N2O2S. The first kappa shape index (κ1) is 18.3. The van der Waals surface area contributed by atoms with Crippen molar-refractivity contribution in [3.63, 3.8) is 0 Å². The van der Waals surface area contributed by atoms with Crippen molar-refractivity contribution in [2.24, 2.45) is 0 Å².